The van der Waals surface area contributed by atoms with Gasteiger partial charge in [-0.05, 0) is 29.8 Å². The Morgan fingerprint density at radius 1 is 1.16 bits per heavy atom. The standard InChI is InChI=1S/C15H15N3S/c16-9-12-4-3-5-14(8-12)19-11-13-10-18-7-2-1-6-15(18)17-13/h1-8,10H,9,11,16H2. The second-order valence-electron chi connectivity index (χ2n) is 4.34. The van der Waals surface area contributed by atoms with Crippen molar-refractivity contribution < 1.29 is 0 Å². The molecule has 0 amide bonds. The summed E-state index contributed by atoms with van der Waals surface area (Å²) in [6.45, 7) is 0.586. The molecule has 96 valence electrons. The molecule has 0 aliphatic heterocycles. The van der Waals surface area contributed by atoms with Gasteiger partial charge in [-0.1, -0.05) is 18.2 Å². The largest absolute Gasteiger partial charge is 0.326 e. The Hall–Kier alpha value is -1.78. The van der Waals surface area contributed by atoms with E-state index in [1.807, 2.05) is 34.9 Å². The number of hydrogen-bond acceptors (Lipinski definition) is 3. The molecule has 0 bridgehead atoms. The van der Waals surface area contributed by atoms with Crippen LogP contribution in [0.4, 0.5) is 0 Å². The van der Waals surface area contributed by atoms with E-state index >= 15 is 0 Å². The summed E-state index contributed by atoms with van der Waals surface area (Å²) in [6.07, 6.45) is 4.10. The molecule has 3 rings (SSSR count). The van der Waals surface area contributed by atoms with Crippen molar-refractivity contribution >= 4 is 17.4 Å². The van der Waals surface area contributed by atoms with Crippen molar-refractivity contribution in [2.75, 3.05) is 0 Å². The average Bonchev–Trinajstić information content (AvgIpc) is 2.88. The van der Waals surface area contributed by atoms with Crippen molar-refractivity contribution in [1.29, 1.82) is 0 Å². The highest BCUT2D eigenvalue weighted by molar-refractivity contribution is 7.98. The van der Waals surface area contributed by atoms with Gasteiger partial charge in [0.05, 0.1) is 5.69 Å². The molecule has 0 atom stereocenters. The van der Waals surface area contributed by atoms with Crippen molar-refractivity contribution in [3.63, 3.8) is 0 Å². The van der Waals surface area contributed by atoms with Gasteiger partial charge < -0.3 is 10.1 Å². The quantitative estimate of drug-likeness (QED) is 0.740. The van der Waals surface area contributed by atoms with E-state index in [-0.39, 0.29) is 0 Å². The van der Waals surface area contributed by atoms with Gasteiger partial charge in [0.1, 0.15) is 5.65 Å². The lowest BCUT2D eigenvalue weighted by Crippen LogP contribution is -1.95. The van der Waals surface area contributed by atoms with E-state index in [4.69, 9.17) is 5.73 Å². The predicted octanol–water partition coefficient (Wildman–Crippen LogP) is 3.09. The van der Waals surface area contributed by atoms with Gasteiger partial charge in [-0.25, -0.2) is 4.98 Å². The van der Waals surface area contributed by atoms with E-state index in [0.717, 1.165) is 17.1 Å². The molecule has 0 saturated heterocycles. The summed E-state index contributed by atoms with van der Waals surface area (Å²) in [5.41, 5.74) is 8.90. The number of aromatic nitrogens is 2. The normalized spacial score (nSPS) is 11.0. The zero-order valence-electron chi connectivity index (χ0n) is 10.5. The van der Waals surface area contributed by atoms with Crippen LogP contribution in [-0.4, -0.2) is 9.38 Å². The second kappa shape index (κ2) is 5.47. The van der Waals surface area contributed by atoms with Crippen molar-refractivity contribution in [2.45, 2.75) is 17.2 Å². The first-order valence-corrected chi connectivity index (χ1v) is 7.18. The first-order valence-electron chi connectivity index (χ1n) is 6.19. The number of nitrogens with two attached hydrogens (primary N) is 1. The number of nitrogens with zero attached hydrogens (tertiary/aromatic N) is 2. The molecule has 4 heteroatoms. The fourth-order valence-corrected chi connectivity index (χ4v) is 2.84. The summed E-state index contributed by atoms with van der Waals surface area (Å²) in [4.78, 5) is 5.82. The van der Waals surface area contributed by atoms with Gasteiger partial charge in [-0.2, -0.15) is 0 Å². The number of benzene rings is 1. The molecule has 2 N–H and O–H groups in total. The van der Waals surface area contributed by atoms with Crippen LogP contribution in [0, 0.1) is 0 Å². The van der Waals surface area contributed by atoms with Gasteiger partial charge in [-0.15, -0.1) is 11.8 Å². The summed E-state index contributed by atoms with van der Waals surface area (Å²) in [5.74, 6) is 0.871. The Bertz CT molecular complexity index is 657. The van der Waals surface area contributed by atoms with E-state index in [1.54, 1.807) is 11.8 Å². The van der Waals surface area contributed by atoms with Crippen LogP contribution in [-0.2, 0) is 12.3 Å². The molecule has 0 unspecified atom stereocenters. The predicted molar refractivity (Wildman–Crippen MR) is 79.1 cm³/mol. The van der Waals surface area contributed by atoms with Gasteiger partial charge in [0.2, 0.25) is 0 Å². The van der Waals surface area contributed by atoms with Gasteiger partial charge in [0.25, 0.3) is 0 Å². The van der Waals surface area contributed by atoms with Gasteiger partial charge in [-0.3, -0.25) is 0 Å². The summed E-state index contributed by atoms with van der Waals surface area (Å²) in [5, 5.41) is 0. The fourth-order valence-electron chi connectivity index (χ4n) is 1.98. The monoisotopic (exact) mass is 269 g/mol. The third kappa shape index (κ3) is 2.80. The maximum atomic E-state index is 5.65. The molecule has 3 nitrogen and oxygen atoms in total. The number of hydrogen-bond donors (Lipinski definition) is 1. The van der Waals surface area contributed by atoms with Crippen LogP contribution in [0.1, 0.15) is 11.3 Å². The SMILES string of the molecule is NCc1cccc(SCc2cn3ccccc3n2)c1. The van der Waals surface area contributed by atoms with E-state index in [2.05, 4.69) is 29.4 Å². The van der Waals surface area contributed by atoms with Crippen LogP contribution in [0.25, 0.3) is 5.65 Å². The molecular weight excluding hydrogens is 254 g/mol. The van der Waals surface area contributed by atoms with Crippen LogP contribution in [0.3, 0.4) is 0 Å². The van der Waals surface area contributed by atoms with Crippen LogP contribution in [0.5, 0.6) is 0 Å². The van der Waals surface area contributed by atoms with Crippen molar-refractivity contribution in [3.8, 4) is 0 Å². The van der Waals surface area contributed by atoms with Crippen molar-refractivity contribution in [1.82, 2.24) is 9.38 Å². The average molecular weight is 269 g/mol. The van der Waals surface area contributed by atoms with Gasteiger partial charge in [0, 0.05) is 29.6 Å². The Morgan fingerprint density at radius 3 is 2.95 bits per heavy atom. The van der Waals surface area contributed by atoms with E-state index < -0.39 is 0 Å². The minimum atomic E-state index is 0.586. The number of imidazole rings is 1. The van der Waals surface area contributed by atoms with E-state index in [1.165, 1.54) is 10.5 Å². The molecule has 2 heterocycles. The molecule has 0 aliphatic rings. The lowest BCUT2D eigenvalue weighted by atomic mass is 10.2. The summed E-state index contributed by atoms with van der Waals surface area (Å²) in [6, 6.07) is 14.4. The molecular formula is C15H15N3S. The molecule has 0 fully saturated rings. The first kappa shape index (κ1) is 12.3. The van der Waals surface area contributed by atoms with Crippen LogP contribution < -0.4 is 5.73 Å². The lowest BCUT2D eigenvalue weighted by molar-refractivity contribution is 1.06. The van der Waals surface area contributed by atoms with Crippen molar-refractivity contribution in [3.05, 3.63) is 66.1 Å². The Labute approximate surface area is 116 Å². The third-order valence-corrected chi connectivity index (χ3v) is 3.96. The molecule has 19 heavy (non-hydrogen) atoms. The second-order valence-corrected chi connectivity index (χ2v) is 5.39. The first-order chi connectivity index (χ1) is 9.35. The number of rotatable bonds is 4. The summed E-state index contributed by atoms with van der Waals surface area (Å²) >= 11 is 1.79. The Balaban J connectivity index is 1.74. The third-order valence-electron chi connectivity index (χ3n) is 2.93. The van der Waals surface area contributed by atoms with Crippen LogP contribution in [0.2, 0.25) is 0 Å². The minimum Gasteiger partial charge on any atom is -0.326 e. The molecule has 0 aliphatic carbocycles. The molecule has 0 saturated carbocycles. The smallest absolute Gasteiger partial charge is 0.137 e. The topological polar surface area (TPSA) is 43.3 Å². The van der Waals surface area contributed by atoms with Gasteiger partial charge in [0.15, 0.2) is 0 Å². The summed E-state index contributed by atoms with van der Waals surface area (Å²) in [7, 11) is 0. The van der Waals surface area contributed by atoms with Gasteiger partial charge >= 0.3 is 0 Å². The minimum absolute atomic E-state index is 0.586. The highest BCUT2D eigenvalue weighted by Crippen LogP contribution is 2.23. The van der Waals surface area contributed by atoms with Crippen LogP contribution in [0.15, 0.2) is 59.8 Å². The maximum Gasteiger partial charge on any atom is 0.137 e. The lowest BCUT2D eigenvalue weighted by Gasteiger charge is -2.01. The number of pyridine rings is 1. The Kier molecular flexibility index (Phi) is 3.53. The van der Waals surface area contributed by atoms with E-state index in [9.17, 15) is 0 Å². The molecule has 1 aromatic carbocycles. The maximum absolute atomic E-state index is 5.65. The van der Waals surface area contributed by atoms with Crippen LogP contribution >= 0.6 is 11.8 Å². The molecule has 3 aromatic rings. The zero-order chi connectivity index (χ0) is 13.1. The van der Waals surface area contributed by atoms with E-state index in [0.29, 0.717) is 6.54 Å². The highest BCUT2D eigenvalue weighted by atomic mass is 32.2. The fraction of sp³-hybridized carbons (Fsp3) is 0.133. The molecule has 0 radical (unpaired) electrons. The molecule has 0 spiro atoms. The Morgan fingerprint density at radius 2 is 2.11 bits per heavy atom. The molecule has 2 aromatic heterocycles. The van der Waals surface area contributed by atoms with Crippen molar-refractivity contribution in [2.24, 2.45) is 5.73 Å². The highest BCUT2D eigenvalue weighted by Gasteiger charge is 2.02. The number of thioether (sulfide) groups is 1. The zero-order valence-corrected chi connectivity index (χ0v) is 11.3. The summed E-state index contributed by atoms with van der Waals surface area (Å²) < 4.78 is 2.05. The number of fused-ring (bicyclic) bond motifs is 1.